The molecular formula is C27H25BrFN3O3. The summed E-state index contributed by atoms with van der Waals surface area (Å²) in [5.74, 6) is -0.718. The van der Waals surface area contributed by atoms with Gasteiger partial charge in [0.2, 0.25) is 0 Å². The summed E-state index contributed by atoms with van der Waals surface area (Å²) in [6.45, 7) is 6.38. The van der Waals surface area contributed by atoms with Crippen LogP contribution in [0.2, 0.25) is 0 Å². The van der Waals surface area contributed by atoms with Crippen LogP contribution in [0.5, 0.6) is 5.75 Å². The van der Waals surface area contributed by atoms with E-state index in [4.69, 9.17) is 9.72 Å². The second-order valence-corrected chi connectivity index (χ2v) is 10.6. The number of hydrogen-bond donors (Lipinski definition) is 1. The third-order valence-electron chi connectivity index (χ3n) is 6.82. The molecule has 0 radical (unpaired) electrons. The SMILES string of the molecule is Cc1ccc(COc2ccc3nc(C4C(C(=O)O)C4(C)C)n(Cc4cc(Br)ccc4F)c3c2)nc1. The molecule has 5 rings (SSSR count). The lowest BCUT2D eigenvalue weighted by atomic mass is 10.1. The van der Waals surface area contributed by atoms with Gasteiger partial charge in [0.15, 0.2) is 0 Å². The standard InChI is InChI=1S/C27H25BrFN3O3/c1-15-4-6-18(30-12-15)14-35-19-7-9-21-22(11-19)32(13-16-10-17(28)5-8-20(16)29)25(31-21)23-24(26(33)34)27(23,2)3/h4-12,23-24H,13-14H2,1-3H3,(H,33,34). The fraction of sp³-hybridized carbons (Fsp3) is 0.296. The van der Waals surface area contributed by atoms with Crippen molar-refractivity contribution >= 4 is 32.9 Å². The summed E-state index contributed by atoms with van der Waals surface area (Å²) in [5.41, 5.74) is 3.40. The van der Waals surface area contributed by atoms with Crippen molar-refractivity contribution in [1.82, 2.24) is 14.5 Å². The maximum absolute atomic E-state index is 14.7. The molecule has 0 amide bonds. The van der Waals surface area contributed by atoms with Crippen molar-refractivity contribution in [3.8, 4) is 5.75 Å². The van der Waals surface area contributed by atoms with Crippen molar-refractivity contribution in [2.24, 2.45) is 11.3 Å². The Morgan fingerprint density at radius 1 is 1.20 bits per heavy atom. The van der Waals surface area contributed by atoms with Crippen LogP contribution < -0.4 is 4.74 Å². The molecule has 2 heterocycles. The molecule has 1 saturated carbocycles. The van der Waals surface area contributed by atoms with E-state index < -0.39 is 17.3 Å². The number of pyridine rings is 1. The Balaban J connectivity index is 1.55. The molecule has 4 aromatic rings. The van der Waals surface area contributed by atoms with Gasteiger partial charge in [-0.05, 0) is 54.3 Å². The van der Waals surface area contributed by atoms with Crippen LogP contribution in [0.3, 0.4) is 0 Å². The van der Waals surface area contributed by atoms with Crippen LogP contribution in [0, 0.1) is 24.1 Å². The lowest BCUT2D eigenvalue weighted by Gasteiger charge is -2.12. The van der Waals surface area contributed by atoms with E-state index >= 15 is 0 Å². The van der Waals surface area contributed by atoms with E-state index in [9.17, 15) is 14.3 Å². The number of aryl methyl sites for hydroxylation is 1. The van der Waals surface area contributed by atoms with E-state index in [1.807, 2.05) is 55.7 Å². The van der Waals surface area contributed by atoms with E-state index in [1.54, 1.807) is 18.3 Å². The Labute approximate surface area is 210 Å². The minimum absolute atomic E-state index is 0.221. The number of aliphatic carboxylic acids is 1. The number of halogens is 2. The first-order valence-electron chi connectivity index (χ1n) is 11.4. The van der Waals surface area contributed by atoms with Crippen molar-refractivity contribution in [3.05, 3.63) is 87.7 Å². The zero-order valence-corrected chi connectivity index (χ0v) is 21.2. The Bertz CT molecular complexity index is 1430. The molecule has 6 nitrogen and oxygen atoms in total. The molecule has 1 aliphatic rings. The number of hydrogen-bond acceptors (Lipinski definition) is 4. The molecule has 8 heteroatoms. The van der Waals surface area contributed by atoms with Gasteiger partial charge in [0.05, 0.1) is 29.2 Å². The van der Waals surface area contributed by atoms with Gasteiger partial charge >= 0.3 is 5.97 Å². The van der Waals surface area contributed by atoms with E-state index in [0.29, 0.717) is 29.3 Å². The van der Waals surface area contributed by atoms with E-state index in [2.05, 4.69) is 20.9 Å². The van der Waals surface area contributed by atoms with E-state index in [-0.39, 0.29) is 18.3 Å². The third kappa shape index (κ3) is 4.43. The van der Waals surface area contributed by atoms with Gasteiger partial charge in [0.25, 0.3) is 0 Å². The molecular weight excluding hydrogens is 513 g/mol. The maximum atomic E-state index is 14.7. The first-order chi connectivity index (χ1) is 16.6. The molecule has 1 fully saturated rings. The van der Waals surface area contributed by atoms with Crippen molar-refractivity contribution < 1.29 is 19.0 Å². The summed E-state index contributed by atoms with van der Waals surface area (Å²) in [6, 6.07) is 14.3. The highest BCUT2D eigenvalue weighted by Gasteiger charge is 2.64. The van der Waals surface area contributed by atoms with Crippen molar-refractivity contribution in [3.63, 3.8) is 0 Å². The van der Waals surface area contributed by atoms with Crippen molar-refractivity contribution in [2.75, 3.05) is 0 Å². The van der Waals surface area contributed by atoms with Gasteiger partial charge in [0.1, 0.15) is 24.0 Å². The number of aromatic nitrogens is 3. The summed E-state index contributed by atoms with van der Waals surface area (Å²) < 4.78 is 23.4. The normalized spacial score (nSPS) is 18.5. The van der Waals surface area contributed by atoms with Gasteiger partial charge in [-0.25, -0.2) is 9.37 Å². The first-order valence-corrected chi connectivity index (χ1v) is 12.2. The molecule has 1 N–H and O–H groups in total. The minimum Gasteiger partial charge on any atom is -0.487 e. The molecule has 180 valence electrons. The highest BCUT2D eigenvalue weighted by molar-refractivity contribution is 9.10. The number of benzene rings is 2. The average Bonchev–Trinajstić information content (AvgIpc) is 3.23. The second-order valence-electron chi connectivity index (χ2n) is 9.67. The molecule has 35 heavy (non-hydrogen) atoms. The topological polar surface area (TPSA) is 77.2 Å². The Hall–Kier alpha value is -3.26. The molecule has 2 aromatic carbocycles. The largest absolute Gasteiger partial charge is 0.487 e. The molecule has 2 atom stereocenters. The van der Waals surface area contributed by atoms with Gasteiger partial charge in [-0.1, -0.05) is 35.8 Å². The quantitative estimate of drug-likeness (QED) is 0.308. The van der Waals surface area contributed by atoms with Crippen LogP contribution in [0.4, 0.5) is 4.39 Å². The third-order valence-corrected chi connectivity index (χ3v) is 7.31. The molecule has 0 spiro atoms. The Morgan fingerprint density at radius 3 is 2.69 bits per heavy atom. The molecule has 0 bridgehead atoms. The Kier molecular flexibility index (Phi) is 5.87. The monoisotopic (exact) mass is 537 g/mol. The zero-order valence-electron chi connectivity index (χ0n) is 19.6. The van der Waals surface area contributed by atoms with E-state index in [1.165, 1.54) is 6.07 Å². The number of imidazole rings is 1. The molecule has 2 aromatic heterocycles. The van der Waals surface area contributed by atoms with Crippen LogP contribution in [0.15, 0.2) is 59.2 Å². The summed E-state index contributed by atoms with van der Waals surface area (Å²) in [5, 5.41) is 9.77. The predicted octanol–water partition coefficient (Wildman–Crippen LogP) is 6.09. The van der Waals surface area contributed by atoms with Crippen LogP contribution in [-0.2, 0) is 17.9 Å². The first kappa shape index (κ1) is 23.5. The minimum atomic E-state index is -0.845. The van der Waals surface area contributed by atoms with Crippen LogP contribution in [0.25, 0.3) is 11.0 Å². The summed E-state index contributed by atoms with van der Waals surface area (Å²) >= 11 is 3.42. The number of fused-ring (bicyclic) bond motifs is 1. The highest BCUT2D eigenvalue weighted by Crippen LogP contribution is 2.64. The number of carboxylic acid groups (broad SMARTS) is 1. The van der Waals surface area contributed by atoms with Crippen LogP contribution >= 0.6 is 15.9 Å². The Morgan fingerprint density at radius 2 is 2.00 bits per heavy atom. The number of carbonyl (C=O) groups is 1. The lowest BCUT2D eigenvalue weighted by molar-refractivity contribution is -0.139. The fourth-order valence-electron chi connectivity index (χ4n) is 4.77. The number of rotatable bonds is 7. The van der Waals surface area contributed by atoms with E-state index in [0.717, 1.165) is 21.2 Å². The van der Waals surface area contributed by atoms with Gasteiger partial charge in [-0.2, -0.15) is 0 Å². The van der Waals surface area contributed by atoms with Gasteiger partial charge < -0.3 is 14.4 Å². The van der Waals surface area contributed by atoms with Crippen LogP contribution in [-0.4, -0.2) is 25.6 Å². The predicted molar refractivity (Wildman–Crippen MR) is 134 cm³/mol. The summed E-state index contributed by atoms with van der Waals surface area (Å²) in [4.78, 5) is 21.1. The van der Waals surface area contributed by atoms with Gasteiger partial charge in [-0.15, -0.1) is 0 Å². The second kappa shape index (κ2) is 8.75. The summed E-state index contributed by atoms with van der Waals surface area (Å²) in [7, 11) is 0. The van der Waals surface area contributed by atoms with Gasteiger partial charge in [-0.3, -0.25) is 9.78 Å². The van der Waals surface area contributed by atoms with Crippen molar-refractivity contribution in [1.29, 1.82) is 0 Å². The maximum Gasteiger partial charge on any atom is 0.307 e. The summed E-state index contributed by atoms with van der Waals surface area (Å²) in [6.07, 6.45) is 1.80. The molecule has 0 aliphatic heterocycles. The number of carboxylic acids is 1. The molecule has 1 aliphatic carbocycles. The number of ether oxygens (including phenoxy) is 1. The highest BCUT2D eigenvalue weighted by atomic mass is 79.9. The van der Waals surface area contributed by atoms with Crippen molar-refractivity contribution in [2.45, 2.75) is 39.8 Å². The zero-order chi connectivity index (χ0) is 24.9. The molecule has 2 unspecified atom stereocenters. The average molecular weight is 538 g/mol. The van der Waals surface area contributed by atoms with Gasteiger partial charge in [0, 0.05) is 28.2 Å². The van der Waals surface area contributed by atoms with Crippen LogP contribution in [0.1, 0.15) is 42.4 Å². The lowest BCUT2D eigenvalue weighted by Crippen LogP contribution is -2.08. The fourth-order valence-corrected chi connectivity index (χ4v) is 5.18. The number of nitrogens with zero attached hydrogens (tertiary/aromatic N) is 3. The molecule has 0 saturated heterocycles. The smallest absolute Gasteiger partial charge is 0.307 e.